The van der Waals surface area contributed by atoms with Crippen LogP contribution in [0.4, 0.5) is 0 Å². The Morgan fingerprint density at radius 1 is 1.20 bits per heavy atom. The van der Waals surface area contributed by atoms with Crippen LogP contribution in [-0.2, 0) is 23.0 Å². The summed E-state index contributed by atoms with van der Waals surface area (Å²) in [6.45, 7) is 2.25. The summed E-state index contributed by atoms with van der Waals surface area (Å²) in [7, 11) is -3.56. The SMILES string of the molecule is CCc1ccc(S(=O)(=O)NCCn2nc(-c3cccs3)ccc2=O)s1. The Kier molecular flexibility index (Phi) is 5.48. The molecule has 0 spiro atoms. The average Bonchev–Trinajstić information content (AvgIpc) is 3.28. The zero-order valence-electron chi connectivity index (χ0n) is 13.5. The lowest BCUT2D eigenvalue weighted by molar-refractivity contribution is 0.550. The molecule has 0 aromatic carbocycles. The van der Waals surface area contributed by atoms with E-state index in [9.17, 15) is 13.2 Å². The van der Waals surface area contributed by atoms with Crippen molar-refractivity contribution in [2.75, 3.05) is 6.54 Å². The highest BCUT2D eigenvalue weighted by Crippen LogP contribution is 2.22. The van der Waals surface area contributed by atoms with E-state index in [-0.39, 0.29) is 22.9 Å². The normalized spacial score (nSPS) is 11.7. The first-order chi connectivity index (χ1) is 12.0. The van der Waals surface area contributed by atoms with Crippen molar-refractivity contribution in [3.63, 3.8) is 0 Å². The summed E-state index contributed by atoms with van der Waals surface area (Å²) in [6.07, 6.45) is 0.801. The van der Waals surface area contributed by atoms with Gasteiger partial charge in [-0.05, 0) is 36.1 Å². The van der Waals surface area contributed by atoms with Crippen molar-refractivity contribution in [1.29, 1.82) is 0 Å². The number of nitrogens with one attached hydrogen (secondary N) is 1. The largest absolute Gasteiger partial charge is 0.268 e. The first-order valence-corrected chi connectivity index (χ1v) is 10.9. The minimum atomic E-state index is -3.56. The van der Waals surface area contributed by atoms with Gasteiger partial charge in [0.05, 0.1) is 11.4 Å². The molecule has 132 valence electrons. The highest BCUT2D eigenvalue weighted by molar-refractivity contribution is 7.91. The van der Waals surface area contributed by atoms with Crippen molar-refractivity contribution in [2.45, 2.75) is 24.1 Å². The van der Waals surface area contributed by atoms with Gasteiger partial charge in [-0.3, -0.25) is 4.79 Å². The Morgan fingerprint density at radius 3 is 2.72 bits per heavy atom. The minimum Gasteiger partial charge on any atom is -0.268 e. The first-order valence-electron chi connectivity index (χ1n) is 7.70. The maximum Gasteiger partial charge on any atom is 0.266 e. The zero-order valence-corrected chi connectivity index (χ0v) is 16.0. The molecule has 3 rings (SSSR count). The summed E-state index contributed by atoms with van der Waals surface area (Å²) < 4.78 is 28.7. The lowest BCUT2D eigenvalue weighted by Crippen LogP contribution is -2.31. The van der Waals surface area contributed by atoms with Crippen LogP contribution in [0.2, 0.25) is 0 Å². The lowest BCUT2D eigenvalue weighted by atomic mass is 10.3. The Morgan fingerprint density at radius 2 is 2.04 bits per heavy atom. The third-order valence-electron chi connectivity index (χ3n) is 3.51. The molecule has 0 saturated heterocycles. The fourth-order valence-electron chi connectivity index (χ4n) is 2.21. The molecule has 0 aliphatic rings. The fraction of sp³-hybridized carbons (Fsp3) is 0.250. The van der Waals surface area contributed by atoms with Crippen molar-refractivity contribution in [1.82, 2.24) is 14.5 Å². The van der Waals surface area contributed by atoms with E-state index in [4.69, 9.17) is 0 Å². The van der Waals surface area contributed by atoms with Crippen molar-refractivity contribution in [3.8, 4) is 10.6 Å². The number of hydrogen-bond donors (Lipinski definition) is 1. The first kappa shape index (κ1) is 18.0. The van der Waals surface area contributed by atoms with Gasteiger partial charge >= 0.3 is 0 Å². The van der Waals surface area contributed by atoms with Crippen molar-refractivity contribution >= 4 is 32.7 Å². The molecule has 1 N–H and O–H groups in total. The molecule has 3 heterocycles. The second kappa shape index (κ2) is 7.61. The van der Waals surface area contributed by atoms with Crippen molar-refractivity contribution in [3.05, 3.63) is 57.0 Å². The molecule has 3 aromatic heterocycles. The van der Waals surface area contributed by atoms with Crippen LogP contribution in [0.5, 0.6) is 0 Å². The van der Waals surface area contributed by atoms with Gasteiger partial charge in [0.1, 0.15) is 9.90 Å². The molecule has 9 heteroatoms. The summed E-state index contributed by atoms with van der Waals surface area (Å²) in [5, 5.41) is 6.24. The molecule has 0 radical (unpaired) electrons. The maximum atomic E-state index is 12.3. The van der Waals surface area contributed by atoms with Crippen LogP contribution in [0, 0.1) is 0 Å². The Hall–Kier alpha value is -1.81. The highest BCUT2D eigenvalue weighted by atomic mass is 32.2. The van der Waals surface area contributed by atoms with E-state index in [2.05, 4.69) is 9.82 Å². The van der Waals surface area contributed by atoms with Crippen molar-refractivity contribution < 1.29 is 8.42 Å². The molecule has 0 unspecified atom stereocenters. The molecule has 0 saturated carbocycles. The highest BCUT2D eigenvalue weighted by Gasteiger charge is 2.16. The summed E-state index contributed by atoms with van der Waals surface area (Å²) in [5.41, 5.74) is 0.437. The quantitative estimate of drug-likeness (QED) is 0.667. The number of nitrogens with zero attached hydrogens (tertiary/aromatic N) is 2. The van der Waals surface area contributed by atoms with E-state index in [1.54, 1.807) is 12.1 Å². The van der Waals surface area contributed by atoms with E-state index >= 15 is 0 Å². The van der Waals surface area contributed by atoms with Gasteiger partial charge in [-0.1, -0.05) is 13.0 Å². The summed E-state index contributed by atoms with van der Waals surface area (Å²) >= 11 is 2.79. The van der Waals surface area contributed by atoms with Gasteiger partial charge in [-0.25, -0.2) is 17.8 Å². The number of hydrogen-bond acceptors (Lipinski definition) is 6. The van der Waals surface area contributed by atoms with Gasteiger partial charge < -0.3 is 0 Å². The number of rotatable bonds is 7. The number of aromatic nitrogens is 2. The summed E-state index contributed by atoms with van der Waals surface area (Å²) in [4.78, 5) is 13.9. The molecule has 0 amide bonds. The molecule has 0 atom stereocenters. The van der Waals surface area contributed by atoms with Gasteiger partial charge in [0.15, 0.2) is 0 Å². The second-order valence-electron chi connectivity index (χ2n) is 5.23. The van der Waals surface area contributed by atoms with Crippen LogP contribution in [0.3, 0.4) is 0 Å². The predicted octanol–water partition coefficient (Wildman–Crippen LogP) is 2.57. The fourth-order valence-corrected chi connectivity index (χ4v) is 5.27. The molecule has 0 aliphatic heterocycles. The molecule has 0 bridgehead atoms. The van der Waals surface area contributed by atoms with Crippen LogP contribution in [0.15, 0.2) is 50.8 Å². The minimum absolute atomic E-state index is 0.0997. The van der Waals surface area contributed by atoms with E-state index in [1.165, 1.54) is 33.4 Å². The van der Waals surface area contributed by atoms with Crippen LogP contribution in [0.1, 0.15) is 11.8 Å². The maximum absolute atomic E-state index is 12.3. The van der Waals surface area contributed by atoms with Gasteiger partial charge in [0.2, 0.25) is 10.0 Å². The third-order valence-corrected chi connectivity index (χ3v) is 7.58. The van der Waals surface area contributed by atoms with Gasteiger partial charge in [-0.15, -0.1) is 22.7 Å². The Labute approximate surface area is 153 Å². The zero-order chi connectivity index (χ0) is 17.9. The van der Waals surface area contributed by atoms with Crippen LogP contribution in [0.25, 0.3) is 10.6 Å². The predicted molar refractivity (Wildman–Crippen MR) is 101 cm³/mol. The Bertz CT molecular complexity index is 1000. The smallest absolute Gasteiger partial charge is 0.266 e. The molecule has 0 fully saturated rings. The standard InChI is InChI=1S/C16H17N3O3S3/c1-2-12-5-8-16(24-12)25(21,22)17-9-10-19-15(20)7-6-13(18-19)14-4-3-11-23-14/h3-8,11,17H,2,9-10H2,1H3. The van der Waals surface area contributed by atoms with Crippen molar-refractivity contribution in [2.24, 2.45) is 0 Å². The molecular formula is C16H17N3O3S3. The van der Waals surface area contributed by atoms with E-state index < -0.39 is 10.0 Å². The van der Waals surface area contributed by atoms with Crippen LogP contribution >= 0.6 is 22.7 Å². The third kappa shape index (κ3) is 4.24. The van der Waals surface area contributed by atoms with Gasteiger partial charge in [0, 0.05) is 17.5 Å². The lowest BCUT2D eigenvalue weighted by Gasteiger charge is -2.07. The number of thiophene rings is 2. The van der Waals surface area contributed by atoms with E-state index in [0.717, 1.165) is 16.2 Å². The average molecular weight is 396 g/mol. The van der Waals surface area contributed by atoms with Gasteiger partial charge in [0.25, 0.3) is 5.56 Å². The summed E-state index contributed by atoms with van der Waals surface area (Å²) in [5.74, 6) is 0. The molecule has 6 nitrogen and oxygen atoms in total. The monoisotopic (exact) mass is 395 g/mol. The summed E-state index contributed by atoms with van der Waals surface area (Å²) in [6, 6.07) is 10.4. The van der Waals surface area contributed by atoms with E-state index in [1.807, 2.05) is 30.5 Å². The van der Waals surface area contributed by atoms with Crippen LogP contribution < -0.4 is 10.3 Å². The van der Waals surface area contributed by atoms with Crippen LogP contribution in [-0.4, -0.2) is 24.7 Å². The molecule has 3 aromatic rings. The molecule has 25 heavy (non-hydrogen) atoms. The van der Waals surface area contributed by atoms with E-state index in [0.29, 0.717) is 5.69 Å². The van der Waals surface area contributed by atoms with Gasteiger partial charge in [-0.2, -0.15) is 5.10 Å². The molecular weight excluding hydrogens is 378 g/mol. The Balaban J connectivity index is 1.69. The number of aryl methyl sites for hydroxylation is 1. The molecule has 0 aliphatic carbocycles. The topological polar surface area (TPSA) is 81.1 Å². The number of sulfonamides is 1. The second-order valence-corrected chi connectivity index (χ2v) is 9.34.